The lowest BCUT2D eigenvalue weighted by Gasteiger charge is -2.13. The Morgan fingerprint density at radius 3 is 2.59 bits per heavy atom. The first-order valence-corrected chi connectivity index (χ1v) is 5.48. The van der Waals surface area contributed by atoms with Crippen LogP contribution in [0.1, 0.15) is 30.8 Å². The second-order valence-corrected chi connectivity index (χ2v) is 4.27. The average Bonchev–Trinajstić information content (AvgIpc) is 2.26. The largest absolute Gasteiger partial charge is 0.476 e. The molecule has 1 aromatic rings. The van der Waals surface area contributed by atoms with Gasteiger partial charge in [-0.05, 0) is 24.5 Å². The van der Waals surface area contributed by atoms with Crippen LogP contribution in [0.25, 0.3) is 0 Å². The predicted molar refractivity (Wildman–Crippen MR) is 62.9 cm³/mol. The summed E-state index contributed by atoms with van der Waals surface area (Å²) in [5, 5.41) is 28.4. The topological polar surface area (TPSA) is 95.3 Å². The summed E-state index contributed by atoms with van der Waals surface area (Å²) in [6, 6.07) is 2.89. The molecule has 0 amide bonds. The van der Waals surface area contributed by atoms with E-state index in [4.69, 9.17) is 5.11 Å². The monoisotopic (exact) mass is 239 g/mol. The highest BCUT2D eigenvalue weighted by Gasteiger charge is 2.08. The Bertz CT molecular complexity index is 365. The van der Waals surface area contributed by atoms with E-state index < -0.39 is 12.1 Å². The van der Waals surface area contributed by atoms with Crippen LogP contribution in [-0.2, 0) is 0 Å². The summed E-state index contributed by atoms with van der Waals surface area (Å²) in [7, 11) is 0. The molecule has 17 heavy (non-hydrogen) atoms. The highest BCUT2D eigenvalue weighted by molar-refractivity contribution is 5.85. The first kappa shape index (κ1) is 13.4. The minimum Gasteiger partial charge on any atom is -0.476 e. The summed E-state index contributed by atoms with van der Waals surface area (Å²) in [5.41, 5.74) is -0.0988. The highest BCUT2D eigenvalue weighted by atomic mass is 16.4. The molecule has 6 heteroatoms. The van der Waals surface area contributed by atoms with Crippen LogP contribution in [0, 0.1) is 5.92 Å². The van der Waals surface area contributed by atoms with Gasteiger partial charge in [-0.3, -0.25) is 0 Å². The van der Waals surface area contributed by atoms with Crippen LogP contribution >= 0.6 is 0 Å². The van der Waals surface area contributed by atoms with Crippen LogP contribution in [0.5, 0.6) is 0 Å². The van der Waals surface area contributed by atoms with Gasteiger partial charge in [-0.25, -0.2) is 4.79 Å². The van der Waals surface area contributed by atoms with Gasteiger partial charge in [-0.15, -0.1) is 10.2 Å². The van der Waals surface area contributed by atoms with Crippen LogP contribution < -0.4 is 5.32 Å². The van der Waals surface area contributed by atoms with E-state index in [-0.39, 0.29) is 5.69 Å². The molecule has 3 N–H and O–H groups in total. The number of anilines is 1. The zero-order valence-corrected chi connectivity index (χ0v) is 9.92. The maximum Gasteiger partial charge on any atom is 0.356 e. The van der Waals surface area contributed by atoms with Gasteiger partial charge in [0.05, 0.1) is 6.10 Å². The van der Waals surface area contributed by atoms with Gasteiger partial charge in [-0.1, -0.05) is 13.8 Å². The molecule has 6 nitrogen and oxygen atoms in total. The fourth-order valence-corrected chi connectivity index (χ4v) is 1.39. The van der Waals surface area contributed by atoms with Crippen molar-refractivity contribution in [3.8, 4) is 0 Å². The number of aliphatic hydroxyl groups is 1. The number of hydrogen-bond acceptors (Lipinski definition) is 5. The number of nitrogens with one attached hydrogen (secondary N) is 1. The van der Waals surface area contributed by atoms with Crippen molar-refractivity contribution in [1.82, 2.24) is 10.2 Å². The molecule has 0 spiro atoms. The summed E-state index contributed by atoms with van der Waals surface area (Å²) in [4.78, 5) is 10.5. The molecule has 0 bridgehead atoms. The first-order valence-electron chi connectivity index (χ1n) is 5.48. The summed E-state index contributed by atoms with van der Waals surface area (Å²) in [5.74, 6) is -0.228. The summed E-state index contributed by atoms with van der Waals surface area (Å²) in [6.45, 7) is 4.44. The van der Waals surface area contributed by atoms with E-state index in [1.165, 1.54) is 12.1 Å². The summed E-state index contributed by atoms with van der Waals surface area (Å²) < 4.78 is 0. The van der Waals surface area contributed by atoms with E-state index in [1.807, 2.05) is 13.8 Å². The number of carboxylic acid groups (broad SMARTS) is 1. The van der Waals surface area contributed by atoms with Crippen molar-refractivity contribution < 1.29 is 15.0 Å². The lowest BCUT2D eigenvalue weighted by molar-refractivity contribution is 0.0689. The van der Waals surface area contributed by atoms with E-state index in [1.54, 1.807) is 0 Å². The molecule has 0 saturated heterocycles. The summed E-state index contributed by atoms with van der Waals surface area (Å²) >= 11 is 0. The Morgan fingerprint density at radius 2 is 2.12 bits per heavy atom. The molecule has 0 aromatic carbocycles. The molecular weight excluding hydrogens is 222 g/mol. The molecule has 1 heterocycles. The number of aliphatic hydroxyl groups excluding tert-OH is 1. The minimum atomic E-state index is -1.11. The molecule has 1 rings (SSSR count). The number of carbonyl (C=O) groups is 1. The van der Waals surface area contributed by atoms with Crippen molar-refractivity contribution in [2.24, 2.45) is 5.92 Å². The normalized spacial score (nSPS) is 12.5. The van der Waals surface area contributed by atoms with E-state index in [0.29, 0.717) is 24.7 Å². The van der Waals surface area contributed by atoms with E-state index in [0.717, 1.165) is 0 Å². The number of aromatic nitrogens is 2. The summed E-state index contributed by atoms with van der Waals surface area (Å²) in [6.07, 6.45) is 0.254. The van der Waals surface area contributed by atoms with Crippen molar-refractivity contribution in [3.05, 3.63) is 17.8 Å². The molecule has 1 unspecified atom stereocenters. The Kier molecular flexibility index (Phi) is 4.84. The molecule has 0 fully saturated rings. The number of nitrogens with zero attached hydrogens (tertiary/aromatic N) is 2. The zero-order valence-electron chi connectivity index (χ0n) is 9.92. The fourth-order valence-electron chi connectivity index (χ4n) is 1.39. The van der Waals surface area contributed by atoms with Gasteiger partial charge < -0.3 is 15.5 Å². The molecule has 0 saturated carbocycles. The smallest absolute Gasteiger partial charge is 0.356 e. The zero-order chi connectivity index (χ0) is 12.8. The van der Waals surface area contributed by atoms with Crippen molar-refractivity contribution in [2.75, 3.05) is 11.9 Å². The van der Waals surface area contributed by atoms with Crippen LogP contribution in [0.15, 0.2) is 12.1 Å². The third kappa shape index (κ3) is 4.78. The second-order valence-electron chi connectivity index (χ2n) is 4.27. The Labute approximate surface area is 99.7 Å². The molecular formula is C11H17N3O3. The van der Waals surface area contributed by atoms with Crippen molar-refractivity contribution in [3.63, 3.8) is 0 Å². The number of carboxylic acids is 1. The van der Waals surface area contributed by atoms with Gasteiger partial charge in [-0.2, -0.15) is 0 Å². The third-order valence-corrected chi connectivity index (χ3v) is 2.15. The van der Waals surface area contributed by atoms with Gasteiger partial charge in [0.25, 0.3) is 0 Å². The molecule has 1 atom stereocenters. The maximum absolute atomic E-state index is 10.5. The molecule has 0 aliphatic heterocycles. The van der Waals surface area contributed by atoms with Gasteiger partial charge in [0.1, 0.15) is 5.82 Å². The van der Waals surface area contributed by atoms with Crippen LogP contribution in [0.2, 0.25) is 0 Å². The van der Waals surface area contributed by atoms with E-state index >= 15 is 0 Å². The highest BCUT2D eigenvalue weighted by Crippen LogP contribution is 2.06. The maximum atomic E-state index is 10.5. The molecule has 94 valence electrons. The molecule has 0 radical (unpaired) electrons. The van der Waals surface area contributed by atoms with Crippen molar-refractivity contribution in [2.45, 2.75) is 26.4 Å². The Hall–Kier alpha value is -1.69. The second kappa shape index (κ2) is 6.15. The van der Waals surface area contributed by atoms with Gasteiger partial charge >= 0.3 is 5.97 Å². The molecule has 0 aliphatic carbocycles. The van der Waals surface area contributed by atoms with Crippen molar-refractivity contribution >= 4 is 11.8 Å². The Morgan fingerprint density at radius 1 is 1.41 bits per heavy atom. The Balaban J connectivity index is 2.44. The number of aromatic carboxylic acids is 1. The van der Waals surface area contributed by atoms with Crippen LogP contribution in [0.4, 0.5) is 5.82 Å². The van der Waals surface area contributed by atoms with E-state index in [2.05, 4.69) is 15.5 Å². The standard InChI is InChI=1S/C11H17N3O3/c1-7(2)5-8(15)6-12-10-4-3-9(11(16)17)13-14-10/h3-4,7-8,15H,5-6H2,1-2H3,(H,12,14)(H,16,17). The average molecular weight is 239 g/mol. The molecule has 1 aromatic heterocycles. The van der Waals surface area contributed by atoms with Gasteiger partial charge in [0, 0.05) is 6.54 Å². The van der Waals surface area contributed by atoms with Gasteiger partial charge in [0.2, 0.25) is 0 Å². The quantitative estimate of drug-likeness (QED) is 0.685. The lowest BCUT2D eigenvalue weighted by atomic mass is 10.1. The van der Waals surface area contributed by atoms with Crippen LogP contribution in [0.3, 0.4) is 0 Å². The minimum absolute atomic E-state index is 0.0988. The van der Waals surface area contributed by atoms with Crippen LogP contribution in [-0.4, -0.2) is 39.0 Å². The number of rotatable bonds is 6. The lowest BCUT2D eigenvalue weighted by Crippen LogP contribution is -2.21. The molecule has 0 aliphatic rings. The van der Waals surface area contributed by atoms with Gasteiger partial charge in [0.15, 0.2) is 5.69 Å². The van der Waals surface area contributed by atoms with E-state index in [9.17, 15) is 9.90 Å². The fraction of sp³-hybridized carbons (Fsp3) is 0.545. The SMILES string of the molecule is CC(C)CC(O)CNc1ccc(C(=O)O)nn1. The first-order chi connectivity index (χ1) is 7.99. The third-order valence-electron chi connectivity index (χ3n) is 2.15. The number of hydrogen-bond donors (Lipinski definition) is 3. The predicted octanol–water partition coefficient (Wildman–Crippen LogP) is 0.994. The van der Waals surface area contributed by atoms with Crippen molar-refractivity contribution in [1.29, 1.82) is 0 Å².